The average Bonchev–Trinajstić information content (AvgIpc) is 2.66. The Morgan fingerprint density at radius 3 is 2.68 bits per heavy atom. The molecule has 10 nitrogen and oxygen atoms in total. The maximum atomic E-state index is 12.9. The summed E-state index contributed by atoms with van der Waals surface area (Å²) < 4.78 is 27.0. The average molecular weight is 407 g/mol. The van der Waals surface area contributed by atoms with Crippen molar-refractivity contribution < 1.29 is 13.2 Å². The van der Waals surface area contributed by atoms with E-state index >= 15 is 0 Å². The van der Waals surface area contributed by atoms with Crippen LogP contribution in [0.1, 0.15) is 24.1 Å². The summed E-state index contributed by atoms with van der Waals surface area (Å²) >= 11 is 0. The van der Waals surface area contributed by atoms with Crippen molar-refractivity contribution in [1.29, 1.82) is 0 Å². The Balaban J connectivity index is 1.74. The number of carbonyl (C=O) groups is 1. The topological polar surface area (TPSA) is 145 Å². The van der Waals surface area contributed by atoms with Crippen LogP contribution in [0, 0.1) is 12.8 Å². The van der Waals surface area contributed by atoms with Gasteiger partial charge in [0.2, 0.25) is 15.9 Å². The van der Waals surface area contributed by atoms with Gasteiger partial charge in [0, 0.05) is 37.7 Å². The smallest absolute Gasteiger partial charge is 0.325 e. The molecule has 3 heterocycles. The molecule has 0 radical (unpaired) electrons. The van der Waals surface area contributed by atoms with Crippen LogP contribution in [-0.2, 0) is 21.4 Å². The Morgan fingerprint density at radius 2 is 2.00 bits per heavy atom. The third-order valence-corrected chi connectivity index (χ3v) is 6.66. The largest absolute Gasteiger partial charge is 0.352 e. The number of sulfonamides is 1. The van der Waals surface area contributed by atoms with E-state index in [4.69, 9.17) is 0 Å². The van der Waals surface area contributed by atoms with Gasteiger partial charge in [0.05, 0.1) is 5.92 Å². The lowest BCUT2D eigenvalue weighted by molar-refractivity contribution is -0.126. The van der Waals surface area contributed by atoms with E-state index in [1.165, 1.54) is 6.92 Å². The number of pyridine rings is 1. The molecule has 1 amide bonds. The molecule has 2 aromatic rings. The van der Waals surface area contributed by atoms with Gasteiger partial charge >= 0.3 is 5.69 Å². The van der Waals surface area contributed by atoms with E-state index in [2.05, 4.69) is 15.3 Å². The highest BCUT2D eigenvalue weighted by atomic mass is 32.2. The van der Waals surface area contributed by atoms with Crippen LogP contribution in [0.4, 0.5) is 0 Å². The molecular formula is C17H21N5O5S. The van der Waals surface area contributed by atoms with Gasteiger partial charge in [-0.15, -0.1) is 0 Å². The Labute approximate surface area is 161 Å². The first-order chi connectivity index (χ1) is 13.3. The first-order valence-electron chi connectivity index (χ1n) is 8.79. The normalized spacial score (nSPS) is 18.0. The van der Waals surface area contributed by atoms with E-state index < -0.39 is 32.1 Å². The highest BCUT2D eigenvalue weighted by molar-refractivity contribution is 7.89. The standard InChI is InChI=1S/C17H21N5O5S/c1-11-14(16(24)21-17(25)20-11)28(26,27)22-8-2-3-13(10-22)15(23)19-9-12-4-6-18-7-5-12/h4-7,13H,2-3,8-10H2,1H3,(H,19,23)(H2,20,21,24,25)/t13-/m0/s1. The number of aryl methyl sites for hydroxylation is 1. The van der Waals surface area contributed by atoms with Crippen molar-refractivity contribution in [2.75, 3.05) is 13.1 Å². The number of hydrogen-bond donors (Lipinski definition) is 3. The fourth-order valence-electron chi connectivity index (χ4n) is 3.24. The molecule has 0 unspecified atom stereocenters. The van der Waals surface area contributed by atoms with E-state index in [-0.39, 0.29) is 24.7 Å². The number of aromatic amines is 2. The number of carbonyl (C=O) groups excluding carboxylic acids is 1. The Hall–Kier alpha value is -2.79. The number of aromatic nitrogens is 3. The minimum Gasteiger partial charge on any atom is -0.352 e. The zero-order valence-electron chi connectivity index (χ0n) is 15.3. The van der Waals surface area contributed by atoms with Gasteiger partial charge < -0.3 is 10.3 Å². The van der Waals surface area contributed by atoms with Crippen LogP contribution in [-0.4, -0.2) is 46.7 Å². The van der Waals surface area contributed by atoms with Crippen molar-refractivity contribution in [3.8, 4) is 0 Å². The van der Waals surface area contributed by atoms with Crippen molar-refractivity contribution in [2.45, 2.75) is 31.2 Å². The summed E-state index contributed by atoms with van der Waals surface area (Å²) in [4.78, 5) is 43.5. The lowest BCUT2D eigenvalue weighted by Gasteiger charge is -2.31. The number of nitrogens with zero attached hydrogens (tertiary/aromatic N) is 2. The molecule has 2 aromatic heterocycles. The lowest BCUT2D eigenvalue weighted by Crippen LogP contribution is -2.46. The van der Waals surface area contributed by atoms with Gasteiger partial charge in [0.25, 0.3) is 5.56 Å². The molecular weight excluding hydrogens is 386 g/mol. The van der Waals surface area contributed by atoms with Gasteiger partial charge in [-0.2, -0.15) is 4.31 Å². The second-order valence-corrected chi connectivity index (χ2v) is 8.51. The minimum absolute atomic E-state index is 0.0253. The van der Waals surface area contributed by atoms with Crippen molar-refractivity contribution in [3.63, 3.8) is 0 Å². The quantitative estimate of drug-likeness (QED) is 0.608. The number of hydrogen-bond acceptors (Lipinski definition) is 6. The highest BCUT2D eigenvalue weighted by Gasteiger charge is 2.35. The zero-order chi connectivity index (χ0) is 20.3. The summed E-state index contributed by atoms with van der Waals surface area (Å²) in [7, 11) is -4.14. The number of piperidine rings is 1. The van der Waals surface area contributed by atoms with Gasteiger partial charge in [0.1, 0.15) is 0 Å². The van der Waals surface area contributed by atoms with E-state index in [0.29, 0.717) is 19.4 Å². The van der Waals surface area contributed by atoms with Crippen LogP contribution in [0.25, 0.3) is 0 Å². The predicted molar refractivity (Wildman–Crippen MR) is 100.0 cm³/mol. The van der Waals surface area contributed by atoms with Crippen molar-refractivity contribution in [3.05, 3.63) is 56.6 Å². The Kier molecular flexibility index (Phi) is 5.75. The molecule has 1 aliphatic heterocycles. The molecule has 11 heteroatoms. The second-order valence-electron chi connectivity index (χ2n) is 6.64. The SMILES string of the molecule is Cc1[nH]c(=O)[nH]c(=O)c1S(=O)(=O)N1CCC[C@H](C(=O)NCc2ccncc2)C1. The third-order valence-electron chi connectivity index (χ3n) is 4.64. The maximum absolute atomic E-state index is 12.9. The molecule has 0 spiro atoms. The maximum Gasteiger partial charge on any atom is 0.325 e. The van der Waals surface area contributed by atoms with Crippen molar-refractivity contribution in [1.82, 2.24) is 24.6 Å². The molecule has 1 fully saturated rings. The first kappa shape index (κ1) is 20.0. The van der Waals surface area contributed by atoms with Crippen molar-refractivity contribution in [2.24, 2.45) is 5.92 Å². The summed E-state index contributed by atoms with van der Waals surface area (Å²) in [5.41, 5.74) is -0.879. The van der Waals surface area contributed by atoms with Crippen LogP contribution in [0.3, 0.4) is 0 Å². The summed E-state index contributed by atoms with van der Waals surface area (Å²) in [5.74, 6) is -0.767. The fourth-order valence-corrected chi connectivity index (χ4v) is 4.96. The van der Waals surface area contributed by atoms with E-state index in [1.54, 1.807) is 24.5 Å². The zero-order valence-corrected chi connectivity index (χ0v) is 16.1. The van der Waals surface area contributed by atoms with Gasteiger partial charge in [-0.25, -0.2) is 13.2 Å². The molecule has 1 atom stereocenters. The summed E-state index contributed by atoms with van der Waals surface area (Å²) in [5, 5.41) is 2.81. The summed E-state index contributed by atoms with van der Waals surface area (Å²) in [6.07, 6.45) is 4.29. The van der Waals surface area contributed by atoms with Crippen LogP contribution in [0.15, 0.2) is 39.0 Å². The predicted octanol–water partition coefficient (Wildman–Crippen LogP) is -0.516. The fraction of sp³-hybridized carbons (Fsp3) is 0.412. The molecule has 0 saturated carbocycles. The molecule has 0 aliphatic carbocycles. The van der Waals surface area contributed by atoms with Crippen LogP contribution >= 0.6 is 0 Å². The van der Waals surface area contributed by atoms with Crippen LogP contribution in [0.5, 0.6) is 0 Å². The molecule has 0 bridgehead atoms. The molecule has 0 aromatic carbocycles. The van der Waals surface area contributed by atoms with Crippen molar-refractivity contribution >= 4 is 15.9 Å². The van der Waals surface area contributed by atoms with Gasteiger partial charge in [-0.05, 0) is 37.5 Å². The van der Waals surface area contributed by atoms with Gasteiger partial charge in [0.15, 0.2) is 4.90 Å². The van der Waals surface area contributed by atoms with Crippen LogP contribution < -0.4 is 16.6 Å². The molecule has 3 rings (SSSR count). The number of amides is 1. The Morgan fingerprint density at radius 1 is 1.29 bits per heavy atom. The van der Waals surface area contributed by atoms with E-state index in [0.717, 1.165) is 9.87 Å². The van der Waals surface area contributed by atoms with Gasteiger partial charge in [-0.3, -0.25) is 19.6 Å². The van der Waals surface area contributed by atoms with E-state index in [9.17, 15) is 22.8 Å². The summed E-state index contributed by atoms with van der Waals surface area (Å²) in [6, 6.07) is 3.56. The Bertz CT molecular complexity index is 1080. The molecule has 1 aliphatic rings. The molecule has 28 heavy (non-hydrogen) atoms. The number of rotatable bonds is 5. The number of nitrogens with one attached hydrogen (secondary N) is 3. The third kappa shape index (κ3) is 4.20. The van der Waals surface area contributed by atoms with Gasteiger partial charge in [-0.1, -0.05) is 0 Å². The molecule has 1 saturated heterocycles. The monoisotopic (exact) mass is 407 g/mol. The van der Waals surface area contributed by atoms with E-state index in [1.807, 2.05) is 4.98 Å². The summed E-state index contributed by atoms with van der Waals surface area (Å²) in [6.45, 7) is 1.85. The number of H-pyrrole nitrogens is 2. The van der Waals surface area contributed by atoms with Crippen LogP contribution in [0.2, 0.25) is 0 Å². The highest BCUT2D eigenvalue weighted by Crippen LogP contribution is 2.23. The first-order valence-corrected chi connectivity index (χ1v) is 10.2. The molecule has 3 N–H and O–H groups in total. The lowest BCUT2D eigenvalue weighted by atomic mass is 9.99. The minimum atomic E-state index is -4.14. The molecule has 150 valence electrons. The second kappa shape index (κ2) is 8.07.